The van der Waals surface area contributed by atoms with E-state index >= 15 is 0 Å². The Morgan fingerprint density at radius 3 is 2.24 bits per heavy atom. The van der Waals surface area contributed by atoms with Gasteiger partial charge in [-0.15, -0.1) is 0 Å². The van der Waals surface area contributed by atoms with Crippen molar-refractivity contribution in [1.29, 1.82) is 5.26 Å². The molecule has 1 saturated carbocycles. The van der Waals surface area contributed by atoms with Crippen molar-refractivity contribution in [2.45, 2.75) is 83.3 Å². The topological polar surface area (TPSA) is 33.0 Å². The highest BCUT2D eigenvalue weighted by Crippen LogP contribution is 2.42. The fraction of sp³-hybridized carbons (Fsp3) is 0.933. The van der Waals surface area contributed by atoms with Crippen molar-refractivity contribution in [3.8, 4) is 6.07 Å². The van der Waals surface area contributed by atoms with Crippen molar-refractivity contribution < 1.29 is 4.74 Å². The molecule has 1 heterocycles. The summed E-state index contributed by atoms with van der Waals surface area (Å²) in [5.41, 5.74) is -0.0480. The fourth-order valence-electron chi connectivity index (χ4n) is 3.42. The molecule has 0 amide bonds. The van der Waals surface area contributed by atoms with E-state index in [1.165, 1.54) is 25.7 Å². The van der Waals surface area contributed by atoms with Crippen LogP contribution in [0.3, 0.4) is 0 Å². The van der Waals surface area contributed by atoms with Crippen LogP contribution >= 0.6 is 0 Å². The lowest BCUT2D eigenvalue weighted by Crippen LogP contribution is -2.27. The van der Waals surface area contributed by atoms with Crippen LogP contribution in [-0.4, -0.2) is 11.7 Å². The molecule has 2 heteroatoms. The number of hydrogen-bond acceptors (Lipinski definition) is 2. The van der Waals surface area contributed by atoms with Crippen molar-refractivity contribution in [2.24, 2.45) is 5.41 Å². The Morgan fingerprint density at radius 2 is 1.76 bits per heavy atom. The first-order chi connectivity index (χ1) is 8.05. The molecule has 0 aromatic rings. The molecule has 1 saturated heterocycles. The van der Waals surface area contributed by atoms with Crippen LogP contribution in [0.4, 0.5) is 0 Å². The normalized spacial score (nSPS) is 31.7. The molecule has 2 fully saturated rings. The highest BCUT2D eigenvalue weighted by molar-refractivity contribution is 5.02. The third-order valence-electron chi connectivity index (χ3n) is 4.47. The van der Waals surface area contributed by atoms with Gasteiger partial charge in [0.15, 0.2) is 0 Å². The van der Waals surface area contributed by atoms with Gasteiger partial charge < -0.3 is 4.74 Å². The summed E-state index contributed by atoms with van der Waals surface area (Å²) in [5.74, 6) is 0. The van der Waals surface area contributed by atoms with Crippen LogP contribution in [0.15, 0.2) is 0 Å². The third kappa shape index (κ3) is 3.22. The van der Waals surface area contributed by atoms with Crippen LogP contribution in [0, 0.1) is 16.7 Å². The maximum atomic E-state index is 9.55. The molecule has 0 N–H and O–H groups in total. The van der Waals surface area contributed by atoms with Gasteiger partial charge in [0.1, 0.15) is 0 Å². The van der Waals surface area contributed by atoms with Gasteiger partial charge in [-0.25, -0.2) is 0 Å². The summed E-state index contributed by atoms with van der Waals surface area (Å²) < 4.78 is 6.07. The van der Waals surface area contributed by atoms with Crippen molar-refractivity contribution in [3.05, 3.63) is 0 Å². The van der Waals surface area contributed by atoms with Crippen molar-refractivity contribution in [2.75, 3.05) is 0 Å². The Bertz CT molecular complexity index is 295. The molecular formula is C15H25NO. The molecule has 0 bridgehead atoms. The molecule has 2 aliphatic rings. The monoisotopic (exact) mass is 235 g/mol. The van der Waals surface area contributed by atoms with E-state index in [1.807, 2.05) is 0 Å². The molecule has 1 unspecified atom stereocenters. The zero-order chi connectivity index (χ0) is 12.4. The van der Waals surface area contributed by atoms with E-state index in [-0.39, 0.29) is 11.0 Å². The van der Waals surface area contributed by atoms with Crippen molar-refractivity contribution in [3.63, 3.8) is 0 Å². The number of rotatable bonds is 2. The summed E-state index contributed by atoms with van der Waals surface area (Å²) in [6.07, 6.45) is 10.8. The van der Waals surface area contributed by atoms with Crippen LogP contribution in [-0.2, 0) is 4.74 Å². The lowest BCUT2D eigenvalue weighted by Gasteiger charge is -2.29. The van der Waals surface area contributed by atoms with Crippen LogP contribution in [0.2, 0.25) is 0 Å². The molecule has 17 heavy (non-hydrogen) atoms. The van der Waals surface area contributed by atoms with Gasteiger partial charge in [0.05, 0.1) is 23.2 Å². The standard InChI is InChI=1S/C15H25NO/c1-14(2)10-7-13(17-14)11-15(12-16)8-5-3-4-6-9-15/h13H,3-11H2,1-2H3. The highest BCUT2D eigenvalue weighted by Gasteiger charge is 2.39. The highest BCUT2D eigenvalue weighted by atomic mass is 16.5. The van der Waals surface area contributed by atoms with Gasteiger partial charge in [-0.2, -0.15) is 5.26 Å². The quantitative estimate of drug-likeness (QED) is 0.672. The number of nitriles is 1. The zero-order valence-corrected chi connectivity index (χ0v) is 11.3. The van der Waals surface area contributed by atoms with Crippen molar-refractivity contribution in [1.82, 2.24) is 0 Å². The molecule has 0 radical (unpaired) electrons. The lowest BCUT2D eigenvalue weighted by atomic mass is 9.77. The molecule has 1 atom stereocenters. The fourth-order valence-corrected chi connectivity index (χ4v) is 3.42. The number of nitrogens with zero attached hydrogens (tertiary/aromatic N) is 1. The minimum absolute atomic E-state index is 0.0338. The molecule has 1 aliphatic carbocycles. The Balaban J connectivity index is 1.97. The summed E-state index contributed by atoms with van der Waals surface area (Å²) in [6, 6.07) is 2.63. The second kappa shape index (κ2) is 4.98. The number of hydrogen-bond donors (Lipinski definition) is 0. The Labute approximate surface area is 105 Å². The number of ether oxygens (including phenoxy) is 1. The molecule has 0 spiro atoms. The third-order valence-corrected chi connectivity index (χ3v) is 4.47. The van der Waals surface area contributed by atoms with E-state index in [4.69, 9.17) is 4.74 Å². The SMILES string of the molecule is CC1(C)CCC(CC2(C#N)CCCCCC2)O1. The summed E-state index contributed by atoms with van der Waals surface area (Å²) in [5, 5.41) is 9.55. The molecule has 0 aromatic carbocycles. The van der Waals surface area contributed by atoms with Crippen LogP contribution in [0.1, 0.15) is 71.6 Å². The summed E-state index contributed by atoms with van der Waals surface area (Å²) in [6.45, 7) is 4.33. The maximum Gasteiger partial charge on any atom is 0.0690 e. The minimum Gasteiger partial charge on any atom is -0.372 e. The van der Waals surface area contributed by atoms with E-state index in [0.717, 1.165) is 32.1 Å². The minimum atomic E-state index is -0.0818. The summed E-state index contributed by atoms with van der Waals surface area (Å²) in [7, 11) is 0. The summed E-state index contributed by atoms with van der Waals surface area (Å²) in [4.78, 5) is 0. The van der Waals surface area contributed by atoms with E-state index in [0.29, 0.717) is 6.10 Å². The zero-order valence-electron chi connectivity index (χ0n) is 11.3. The Morgan fingerprint density at radius 1 is 1.12 bits per heavy atom. The van der Waals surface area contributed by atoms with E-state index in [9.17, 15) is 5.26 Å². The molecular weight excluding hydrogens is 210 g/mol. The second-order valence-electron chi connectivity index (χ2n) is 6.55. The largest absolute Gasteiger partial charge is 0.372 e. The van der Waals surface area contributed by atoms with Gasteiger partial charge in [-0.05, 0) is 46.0 Å². The first kappa shape index (κ1) is 12.9. The lowest BCUT2D eigenvalue weighted by molar-refractivity contribution is -0.0313. The maximum absolute atomic E-state index is 9.55. The van der Waals surface area contributed by atoms with Crippen LogP contribution < -0.4 is 0 Å². The first-order valence-electron chi connectivity index (χ1n) is 7.14. The van der Waals surface area contributed by atoms with Gasteiger partial charge >= 0.3 is 0 Å². The molecule has 2 nitrogen and oxygen atoms in total. The van der Waals surface area contributed by atoms with E-state index < -0.39 is 0 Å². The Hall–Kier alpha value is -0.550. The average molecular weight is 235 g/mol. The van der Waals surface area contributed by atoms with Gasteiger partial charge in [0.25, 0.3) is 0 Å². The smallest absolute Gasteiger partial charge is 0.0690 e. The second-order valence-corrected chi connectivity index (χ2v) is 6.55. The van der Waals surface area contributed by atoms with E-state index in [2.05, 4.69) is 19.9 Å². The van der Waals surface area contributed by atoms with Gasteiger partial charge in [0.2, 0.25) is 0 Å². The first-order valence-corrected chi connectivity index (χ1v) is 7.14. The van der Waals surface area contributed by atoms with Crippen LogP contribution in [0.5, 0.6) is 0 Å². The molecule has 2 rings (SSSR count). The van der Waals surface area contributed by atoms with Crippen LogP contribution in [0.25, 0.3) is 0 Å². The van der Waals surface area contributed by atoms with Crippen molar-refractivity contribution >= 4 is 0 Å². The van der Waals surface area contributed by atoms with Gasteiger partial charge in [-0.3, -0.25) is 0 Å². The predicted molar refractivity (Wildman–Crippen MR) is 68.6 cm³/mol. The predicted octanol–water partition coefficient (Wildman–Crippen LogP) is 4.20. The molecule has 0 aromatic heterocycles. The Kier molecular flexibility index (Phi) is 3.78. The van der Waals surface area contributed by atoms with Gasteiger partial charge in [0, 0.05) is 0 Å². The molecule has 96 valence electrons. The van der Waals surface area contributed by atoms with Gasteiger partial charge in [-0.1, -0.05) is 25.7 Å². The van der Waals surface area contributed by atoms with E-state index in [1.54, 1.807) is 0 Å². The molecule has 1 aliphatic heterocycles. The average Bonchev–Trinajstić information content (AvgIpc) is 2.52. The summed E-state index contributed by atoms with van der Waals surface area (Å²) >= 11 is 0.